The molecule has 6 nitrogen and oxygen atoms in total. The van der Waals surface area contributed by atoms with E-state index in [4.69, 9.17) is 9.47 Å². The number of hydrogen-bond donors (Lipinski definition) is 0. The molecule has 6 heteroatoms. The molecule has 2 amide bonds. The Labute approximate surface area is 159 Å². The Morgan fingerprint density at radius 3 is 2.33 bits per heavy atom. The average Bonchev–Trinajstić information content (AvgIpc) is 2.79. The fourth-order valence-electron chi connectivity index (χ4n) is 3.21. The molecule has 27 heavy (non-hydrogen) atoms. The fourth-order valence-corrected chi connectivity index (χ4v) is 3.21. The molecule has 0 aliphatic carbocycles. The minimum Gasteiger partial charge on any atom is -0.490 e. The Hall–Kier alpha value is -3.02. The number of nitrogens with zero attached hydrogens (tertiary/aromatic N) is 2. The van der Waals surface area contributed by atoms with E-state index in [0.29, 0.717) is 37.8 Å². The molecule has 2 aromatic carbocycles. The van der Waals surface area contributed by atoms with Gasteiger partial charge in [-0.2, -0.15) is 0 Å². The predicted molar refractivity (Wildman–Crippen MR) is 104 cm³/mol. The second kappa shape index (κ2) is 8.58. The van der Waals surface area contributed by atoms with E-state index >= 15 is 0 Å². The first kappa shape index (κ1) is 18.8. The van der Waals surface area contributed by atoms with Gasteiger partial charge in [0.1, 0.15) is 6.61 Å². The first-order chi connectivity index (χ1) is 13.2. The molecule has 0 spiro atoms. The van der Waals surface area contributed by atoms with Crippen molar-refractivity contribution in [2.75, 3.05) is 36.1 Å². The van der Waals surface area contributed by atoms with Crippen molar-refractivity contribution in [2.24, 2.45) is 5.92 Å². The van der Waals surface area contributed by atoms with Gasteiger partial charge in [0.2, 0.25) is 12.3 Å². The van der Waals surface area contributed by atoms with Crippen LogP contribution >= 0.6 is 0 Å². The van der Waals surface area contributed by atoms with E-state index in [1.165, 1.54) is 0 Å². The summed E-state index contributed by atoms with van der Waals surface area (Å²) in [6.45, 7) is 5.37. The van der Waals surface area contributed by atoms with Crippen LogP contribution in [0.2, 0.25) is 0 Å². The van der Waals surface area contributed by atoms with Gasteiger partial charge in [-0.1, -0.05) is 31.2 Å². The van der Waals surface area contributed by atoms with Crippen molar-refractivity contribution in [1.29, 1.82) is 0 Å². The normalized spacial score (nSPS) is 16.5. The summed E-state index contributed by atoms with van der Waals surface area (Å²) >= 11 is 0. The van der Waals surface area contributed by atoms with Crippen LogP contribution in [0.1, 0.15) is 13.8 Å². The Morgan fingerprint density at radius 1 is 1.04 bits per heavy atom. The van der Waals surface area contributed by atoms with E-state index in [0.717, 1.165) is 17.8 Å². The summed E-state index contributed by atoms with van der Waals surface area (Å²) in [6, 6.07) is 14.9. The standard InChI is InChI=1S/C21H24N2O4/c1-3-26-19-10-6-7-11-20(19)27-13-12-23-18-9-5-4-8-17(18)22(15-24)14-16(2)21(23)25/h4-11,15-16H,3,12-14H2,1-2H3. The van der Waals surface area contributed by atoms with Gasteiger partial charge in [0.15, 0.2) is 11.5 Å². The number of benzene rings is 2. The molecule has 1 atom stereocenters. The van der Waals surface area contributed by atoms with Gasteiger partial charge in [-0.05, 0) is 31.2 Å². The number of para-hydroxylation sites is 4. The van der Waals surface area contributed by atoms with Gasteiger partial charge in [0.05, 0.1) is 30.4 Å². The van der Waals surface area contributed by atoms with Crippen molar-refractivity contribution in [3.63, 3.8) is 0 Å². The molecule has 0 bridgehead atoms. The Kier molecular flexibility index (Phi) is 5.96. The Balaban J connectivity index is 1.79. The number of anilines is 2. The van der Waals surface area contributed by atoms with Gasteiger partial charge in [-0.25, -0.2) is 0 Å². The smallest absolute Gasteiger partial charge is 0.231 e. The van der Waals surface area contributed by atoms with Crippen molar-refractivity contribution < 1.29 is 19.1 Å². The molecule has 0 N–H and O–H groups in total. The number of carbonyl (C=O) groups excluding carboxylic acids is 2. The third-order valence-electron chi connectivity index (χ3n) is 4.49. The molecule has 0 fully saturated rings. The molecular weight excluding hydrogens is 344 g/mol. The molecule has 142 valence electrons. The van der Waals surface area contributed by atoms with Crippen LogP contribution in [0.5, 0.6) is 11.5 Å². The highest BCUT2D eigenvalue weighted by Crippen LogP contribution is 2.33. The molecule has 0 aromatic heterocycles. The van der Waals surface area contributed by atoms with E-state index in [9.17, 15) is 9.59 Å². The van der Waals surface area contributed by atoms with Crippen molar-refractivity contribution in [1.82, 2.24) is 0 Å². The second-order valence-electron chi connectivity index (χ2n) is 6.37. The summed E-state index contributed by atoms with van der Waals surface area (Å²) in [5.41, 5.74) is 1.46. The lowest BCUT2D eigenvalue weighted by Crippen LogP contribution is -2.38. The van der Waals surface area contributed by atoms with Crippen molar-refractivity contribution in [2.45, 2.75) is 13.8 Å². The molecule has 0 saturated carbocycles. The molecule has 1 heterocycles. The minimum atomic E-state index is -0.293. The summed E-state index contributed by atoms with van der Waals surface area (Å²) in [4.78, 5) is 27.7. The highest BCUT2D eigenvalue weighted by molar-refractivity contribution is 6.02. The third kappa shape index (κ3) is 4.05. The highest BCUT2D eigenvalue weighted by Gasteiger charge is 2.30. The number of ether oxygens (including phenoxy) is 2. The maximum absolute atomic E-state index is 12.9. The monoisotopic (exact) mass is 368 g/mol. The maximum Gasteiger partial charge on any atom is 0.231 e. The molecule has 3 rings (SSSR count). The summed E-state index contributed by atoms with van der Waals surface area (Å²) in [5.74, 6) is 1.02. The lowest BCUT2D eigenvalue weighted by Gasteiger charge is -2.24. The quantitative estimate of drug-likeness (QED) is 0.705. The van der Waals surface area contributed by atoms with Gasteiger partial charge in [0, 0.05) is 6.54 Å². The third-order valence-corrected chi connectivity index (χ3v) is 4.49. The van der Waals surface area contributed by atoms with E-state index < -0.39 is 0 Å². The first-order valence-electron chi connectivity index (χ1n) is 9.12. The van der Waals surface area contributed by atoms with Crippen LogP contribution in [-0.4, -0.2) is 38.6 Å². The number of amides is 2. The lowest BCUT2D eigenvalue weighted by atomic mass is 10.1. The van der Waals surface area contributed by atoms with Gasteiger partial charge < -0.3 is 19.3 Å². The average molecular weight is 368 g/mol. The van der Waals surface area contributed by atoms with E-state index in [-0.39, 0.29) is 11.8 Å². The van der Waals surface area contributed by atoms with Crippen molar-refractivity contribution >= 4 is 23.7 Å². The maximum atomic E-state index is 12.9. The van der Waals surface area contributed by atoms with E-state index in [1.54, 1.807) is 9.80 Å². The van der Waals surface area contributed by atoms with Gasteiger partial charge in [-0.3, -0.25) is 9.59 Å². The fraction of sp³-hybridized carbons (Fsp3) is 0.333. The van der Waals surface area contributed by atoms with E-state index in [2.05, 4.69) is 0 Å². The molecule has 0 radical (unpaired) electrons. The Morgan fingerprint density at radius 2 is 1.67 bits per heavy atom. The number of carbonyl (C=O) groups is 2. The zero-order valence-electron chi connectivity index (χ0n) is 15.6. The molecule has 1 aliphatic heterocycles. The molecule has 0 saturated heterocycles. The lowest BCUT2D eigenvalue weighted by molar-refractivity contribution is -0.121. The second-order valence-corrected chi connectivity index (χ2v) is 6.37. The summed E-state index contributed by atoms with van der Waals surface area (Å²) in [7, 11) is 0. The SMILES string of the molecule is CCOc1ccccc1OCCN1C(=O)C(C)CN(C=O)c2ccccc21. The van der Waals surface area contributed by atoms with Crippen LogP contribution in [0.25, 0.3) is 0 Å². The number of fused-ring (bicyclic) bond motifs is 1. The first-order valence-corrected chi connectivity index (χ1v) is 9.12. The van der Waals surface area contributed by atoms with Crippen LogP contribution < -0.4 is 19.3 Å². The van der Waals surface area contributed by atoms with Crippen LogP contribution in [0, 0.1) is 5.92 Å². The molecular formula is C21H24N2O4. The largest absolute Gasteiger partial charge is 0.490 e. The van der Waals surface area contributed by atoms with Crippen molar-refractivity contribution in [3.05, 3.63) is 48.5 Å². The van der Waals surface area contributed by atoms with Crippen LogP contribution in [-0.2, 0) is 9.59 Å². The Bertz CT molecular complexity index is 808. The molecule has 1 unspecified atom stereocenters. The summed E-state index contributed by atoms with van der Waals surface area (Å²) < 4.78 is 11.5. The van der Waals surface area contributed by atoms with E-state index in [1.807, 2.05) is 62.4 Å². The topological polar surface area (TPSA) is 59.1 Å². The highest BCUT2D eigenvalue weighted by atomic mass is 16.5. The predicted octanol–water partition coefficient (Wildman–Crippen LogP) is 3.11. The van der Waals surface area contributed by atoms with Crippen LogP contribution in [0.3, 0.4) is 0 Å². The summed E-state index contributed by atoms with van der Waals surface area (Å²) in [5, 5.41) is 0. The number of hydrogen-bond acceptors (Lipinski definition) is 4. The van der Waals surface area contributed by atoms with Crippen LogP contribution in [0.15, 0.2) is 48.5 Å². The molecule has 1 aliphatic rings. The molecule has 2 aromatic rings. The zero-order valence-corrected chi connectivity index (χ0v) is 15.6. The van der Waals surface area contributed by atoms with Gasteiger partial charge in [0.25, 0.3) is 0 Å². The number of rotatable bonds is 7. The van der Waals surface area contributed by atoms with Gasteiger partial charge in [-0.15, -0.1) is 0 Å². The minimum absolute atomic E-state index is 0.0199. The summed E-state index contributed by atoms with van der Waals surface area (Å²) in [6.07, 6.45) is 0.779. The zero-order chi connectivity index (χ0) is 19.2. The van der Waals surface area contributed by atoms with Crippen LogP contribution in [0.4, 0.5) is 11.4 Å². The van der Waals surface area contributed by atoms with Gasteiger partial charge >= 0.3 is 0 Å². The van der Waals surface area contributed by atoms with Crippen molar-refractivity contribution in [3.8, 4) is 11.5 Å².